The first-order valence-electron chi connectivity index (χ1n) is 4.64. The topological polar surface area (TPSA) is 26.3 Å². The standard InChI is InChI=1S/C9H14O2S2/c1-9(12-3-2-4-13-9)7-5-8(10)11-6-7/h7H,2-6H2,1H3. The van der Waals surface area contributed by atoms with Gasteiger partial charge in [-0.15, -0.1) is 23.5 Å². The molecule has 1 unspecified atom stereocenters. The van der Waals surface area contributed by atoms with Gasteiger partial charge in [-0.05, 0) is 24.9 Å². The Bertz CT molecular complexity index is 212. The van der Waals surface area contributed by atoms with E-state index in [0.717, 1.165) is 0 Å². The molecule has 74 valence electrons. The van der Waals surface area contributed by atoms with E-state index in [1.54, 1.807) is 0 Å². The van der Waals surface area contributed by atoms with Gasteiger partial charge >= 0.3 is 5.97 Å². The van der Waals surface area contributed by atoms with Gasteiger partial charge in [0.1, 0.15) is 0 Å². The molecule has 0 aliphatic carbocycles. The number of cyclic esters (lactones) is 1. The third kappa shape index (κ3) is 1.99. The number of hydrogen-bond donors (Lipinski definition) is 0. The maximum Gasteiger partial charge on any atom is 0.306 e. The molecule has 0 saturated carbocycles. The number of thioether (sulfide) groups is 2. The molecule has 0 amide bonds. The van der Waals surface area contributed by atoms with Gasteiger partial charge in [0.25, 0.3) is 0 Å². The Labute approximate surface area is 87.2 Å². The second-order valence-corrected chi connectivity index (χ2v) is 7.00. The van der Waals surface area contributed by atoms with Gasteiger partial charge < -0.3 is 4.74 Å². The number of rotatable bonds is 1. The van der Waals surface area contributed by atoms with E-state index >= 15 is 0 Å². The average molecular weight is 218 g/mol. The quantitative estimate of drug-likeness (QED) is 0.630. The van der Waals surface area contributed by atoms with Crippen molar-refractivity contribution >= 4 is 29.5 Å². The van der Waals surface area contributed by atoms with Crippen LogP contribution in [0.2, 0.25) is 0 Å². The zero-order valence-electron chi connectivity index (χ0n) is 7.75. The maximum absolute atomic E-state index is 11.0. The zero-order chi connectivity index (χ0) is 9.31. The monoisotopic (exact) mass is 218 g/mol. The van der Waals surface area contributed by atoms with Crippen molar-refractivity contribution in [2.24, 2.45) is 5.92 Å². The number of esters is 1. The highest BCUT2D eigenvalue weighted by Gasteiger charge is 2.42. The van der Waals surface area contributed by atoms with Gasteiger partial charge in [-0.2, -0.15) is 0 Å². The Morgan fingerprint density at radius 1 is 1.46 bits per heavy atom. The van der Waals surface area contributed by atoms with Crippen LogP contribution in [0.3, 0.4) is 0 Å². The molecule has 2 rings (SSSR count). The zero-order valence-corrected chi connectivity index (χ0v) is 9.38. The van der Waals surface area contributed by atoms with Crippen molar-refractivity contribution in [1.29, 1.82) is 0 Å². The SMILES string of the molecule is CC1(C2COC(=O)C2)SCCCS1. The molecule has 0 aromatic heterocycles. The summed E-state index contributed by atoms with van der Waals surface area (Å²) in [7, 11) is 0. The van der Waals surface area contributed by atoms with Crippen LogP contribution in [-0.4, -0.2) is 28.2 Å². The van der Waals surface area contributed by atoms with Crippen LogP contribution in [-0.2, 0) is 9.53 Å². The largest absolute Gasteiger partial charge is 0.465 e. The van der Waals surface area contributed by atoms with Gasteiger partial charge in [0.2, 0.25) is 0 Å². The predicted molar refractivity (Wildman–Crippen MR) is 57.0 cm³/mol. The second-order valence-electron chi connectivity index (χ2n) is 3.65. The van der Waals surface area contributed by atoms with Gasteiger partial charge in [0.15, 0.2) is 0 Å². The van der Waals surface area contributed by atoms with Gasteiger partial charge in [-0.1, -0.05) is 0 Å². The summed E-state index contributed by atoms with van der Waals surface area (Å²) in [6.07, 6.45) is 1.92. The molecule has 0 spiro atoms. The van der Waals surface area contributed by atoms with Gasteiger partial charge in [-0.3, -0.25) is 4.79 Å². The second kappa shape index (κ2) is 3.73. The lowest BCUT2D eigenvalue weighted by Crippen LogP contribution is -2.31. The first kappa shape index (κ1) is 9.71. The Morgan fingerprint density at radius 3 is 2.69 bits per heavy atom. The van der Waals surface area contributed by atoms with Crippen molar-refractivity contribution in [2.45, 2.75) is 23.8 Å². The minimum Gasteiger partial charge on any atom is -0.465 e. The molecule has 2 heterocycles. The lowest BCUT2D eigenvalue weighted by molar-refractivity contribution is -0.137. The molecule has 0 radical (unpaired) electrons. The molecule has 0 aromatic carbocycles. The summed E-state index contributed by atoms with van der Waals surface area (Å²) in [5, 5.41) is 0. The smallest absolute Gasteiger partial charge is 0.306 e. The van der Waals surface area contributed by atoms with E-state index in [2.05, 4.69) is 6.92 Å². The molecule has 13 heavy (non-hydrogen) atoms. The van der Waals surface area contributed by atoms with Gasteiger partial charge in [-0.25, -0.2) is 0 Å². The predicted octanol–water partition coefficient (Wildman–Crippen LogP) is 2.14. The van der Waals surface area contributed by atoms with Gasteiger partial charge in [0.05, 0.1) is 17.1 Å². The van der Waals surface area contributed by atoms with Crippen LogP contribution in [0.25, 0.3) is 0 Å². The molecule has 2 aliphatic rings. The summed E-state index contributed by atoms with van der Waals surface area (Å²) in [4.78, 5) is 11.0. The molecule has 2 nitrogen and oxygen atoms in total. The Morgan fingerprint density at radius 2 is 2.15 bits per heavy atom. The fraction of sp³-hybridized carbons (Fsp3) is 0.889. The molecule has 2 aliphatic heterocycles. The molecule has 0 bridgehead atoms. The fourth-order valence-electron chi connectivity index (χ4n) is 1.74. The summed E-state index contributed by atoms with van der Waals surface area (Å²) in [6, 6.07) is 0. The summed E-state index contributed by atoms with van der Waals surface area (Å²) in [6.45, 7) is 2.89. The normalized spacial score (nSPS) is 33.0. The van der Waals surface area contributed by atoms with Crippen molar-refractivity contribution < 1.29 is 9.53 Å². The molecule has 2 fully saturated rings. The van der Waals surface area contributed by atoms with Crippen LogP contribution in [0.15, 0.2) is 0 Å². The molecule has 0 N–H and O–H groups in total. The van der Waals surface area contributed by atoms with Crippen LogP contribution >= 0.6 is 23.5 Å². The molecule has 1 atom stereocenters. The van der Waals surface area contributed by atoms with E-state index in [1.807, 2.05) is 23.5 Å². The molecule has 0 aromatic rings. The highest BCUT2D eigenvalue weighted by molar-refractivity contribution is 8.18. The summed E-state index contributed by atoms with van der Waals surface area (Å²) in [5.41, 5.74) is 0. The lowest BCUT2D eigenvalue weighted by atomic mass is 10.1. The Balaban J connectivity index is 2.01. The highest BCUT2D eigenvalue weighted by atomic mass is 32.2. The minimum absolute atomic E-state index is 0.0157. The van der Waals surface area contributed by atoms with Crippen LogP contribution in [0.4, 0.5) is 0 Å². The van der Waals surface area contributed by atoms with Crippen molar-refractivity contribution in [2.75, 3.05) is 18.1 Å². The first-order chi connectivity index (χ1) is 6.21. The summed E-state index contributed by atoms with van der Waals surface area (Å²) < 4.78 is 5.24. The fourth-order valence-corrected chi connectivity index (χ4v) is 4.91. The lowest BCUT2D eigenvalue weighted by Gasteiger charge is -2.36. The Kier molecular flexibility index (Phi) is 2.79. The number of carbonyl (C=O) groups is 1. The van der Waals surface area contributed by atoms with E-state index in [9.17, 15) is 4.79 Å². The van der Waals surface area contributed by atoms with Crippen molar-refractivity contribution in [3.63, 3.8) is 0 Å². The van der Waals surface area contributed by atoms with Crippen LogP contribution in [0, 0.1) is 5.92 Å². The maximum atomic E-state index is 11.0. The van der Waals surface area contributed by atoms with Crippen molar-refractivity contribution in [1.82, 2.24) is 0 Å². The van der Waals surface area contributed by atoms with E-state index < -0.39 is 0 Å². The van der Waals surface area contributed by atoms with Crippen LogP contribution in [0.1, 0.15) is 19.8 Å². The third-order valence-corrected chi connectivity index (χ3v) is 6.17. The molecule has 4 heteroatoms. The third-order valence-electron chi connectivity index (χ3n) is 2.67. The number of ether oxygens (including phenoxy) is 1. The van der Waals surface area contributed by atoms with Gasteiger partial charge in [0, 0.05) is 5.92 Å². The van der Waals surface area contributed by atoms with E-state index in [1.165, 1.54) is 17.9 Å². The van der Waals surface area contributed by atoms with E-state index in [-0.39, 0.29) is 10.0 Å². The Hall–Kier alpha value is 0.170. The minimum atomic E-state index is -0.0157. The molecule has 2 saturated heterocycles. The van der Waals surface area contributed by atoms with Crippen LogP contribution in [0.5, 0.6) is 0 Å². The van der Waals surface area contributed by atoms with E-state index in [4.69, 9.17) is 4.74 Å². The van der Waals surface area contributed by atoms with Crippen LogP contribution < -0.4 is 0 Å². The summed E-state index contributed by atoms with van der Waals surface area (Å²) in [5.74, 6) is 2.87. The molecular formula is C9H14O2S2. The summed E-state index contributed by atoms with van der Waals surface area (Å²) >= 11 is 3.99. The van der Waals surface area contributed by atoms with E-state index in [0.29, 0.717) is 18.9 Å². The highest BCUT2D eigenvalue weighted by Crippen LogP contribution is 2.49. The van der Waals surface area contributed by atoms with Crippen molar-refractivity contribution in [3.05, 3.63) is 0 Å². The first-order valence-corrected chi connectivity index (χ1v) is 6.61. The number of hydrogen-bond acceptors (Lipinski definition) is 4. The average Bonchev–Trinajstić information content (AvgIpc) is 2.54. The number of carbonyl (C=O) groups excluding carboxylic acids is 1. The molecular weight excluding hydrogens is 204 g/mol. The van der Waals surface area contributed by atoms with Crippen molar-refractivity contribution in [3.8, 4) is 0 Å².